The van der Waals surface area contributed by atoms with Crippen molar-refractivity contribution in [3.63, 3.8) is 0 Å². The van der Waals surface area contributed by atoms with Gasteiger partial charge in [-0.2, -0.15) is 0 Å². The maximum atomic E-state index is 12.1. The van der Waals surface area contributed by atoms with Crippen LogP contribution >= 0.6 is 0 Å². The van der Waals surface area contributed by atoms with Crippen molar-refractivity contribution in [2.75, 3.05) is 20.0 Å². The molecule has 0 aliphatic carbocycles. The first-order valence-electron chi connectivity index (χ1n) is 6.22. The predicted octanol–water partition coefficient (Wildman–Crippen LogP) is 1.82. The van der Waals surface area contributed by atoms with Gasteiger partial charge in [0.15, 0.2) is 14.9 Å². The van der Waals surface area contributed by atoms with Gasteiger partial charge in [-0.25, -0.2) is 18.2 Å². The Bertz CT molecular complexity index is 798. The molecule has 6 nitrogen and oxygen atoms in total. The number of aromatic nitrogens is 1. The standard InChI is InChI=1S/C14H15NO5S/c1-4-20-14(16)11-8-13(21(3,17)18)15-12-6-5-9(19-2)7-10(11)12/h5-8H,4H2,1-3H3. The van der Waals surface area contributed by atoms with Crippen LogP contribution in [0.1, 0.15) is 17.3 Å². The van der Waals surface area contributed by atoms with Gasteiger partial charge in [-0.1, -0.05) is 0 Å². The monoisotopic (exact) mass is 309 g/mol. The number of sulfone groups is 1. The van der Waals surface area contributed by atoms with Crippen molar-refractivity contribution in [3.05, 3.63) is 29.8 Å². The molecule has 0 bridgehead atoms. The molecule has 0 N–H and O–H groups in total. The number of benzene rings is 1. The Kier molecular flexibility index (Phi) is 4.13. The van der Waals surface area contributed by atoms with Crippen molar-refractivity contribution in [1.29, 1.82) is 0 Å². The number of methoxy groups -OCH3 is 1. The molecule has 0 fully saturated rings. The van der Waals surface area contributed by atoms with Crippen molar-refractivity contribution in [2.45, 2.75) is 11.9 Å². The number of carbonyl (C=O) groups excluding carboxylic acids is 1. The van der Waals surface area contributed by atoms with E-state index in [0.717, 1.165) is 6.26 Å². The molecule has 1 aromatic carbocycles. The number of hydrogen-bond donors (Lipinski definition) is 0. The van der Waals surface area contributed by atoms with Gasteiger partial charge >= 0.3 is 5.97 Å². The van der Waals surface area contributed by atoms with Crippen LogP contribution < -0.4 is 4.74 Å². The molecule has 112 valence electrons. The zero-order chi connectivity index (χ0) is 15.6. The molecule has 2 aromatic rings. The molecule has 0 atom stereocenters. The minimum absolute atomic E-state index is 0.154. The van der Waals surface area contributed by atoms with Crippen molar-refractivity contribution >= 4 is 26.7 Å². The van der Waals surface area contributed by atoms with Crippen molar-refractivity contribution in [1.82, 2.24) is 4.98 Å². The van der Waals surface area contributed by atoms with Gasteiger partial charge in [0.2, 0.25) is 0 Å². The van der Waals surface area contributed by atoms with Gasteiger partial charge < -0.3 is 9.47 Å². The SMILES string of the molecule is CCOC(=O)c1cc(S(C)(=O)=O)nc2ccc(OC)cc12. The third-order valence-electron chi connectivity index (χ3n) is 2.87. The first kappa shape index (κ1) is 15.2. The summed E-state index contributed by atoms with van der Waals surface area (Å²) >= 11 is 0. The summed E-state index contributed by atoms with van der Waals surface area (Å²) in [6, 6.07) is 6.11. The molecule has 0 spiro atoms. The highest BCUT2D eigenvalue weighted by molar-refractivity contribution is 7.90. The van der Waals surface area contributed by atoms with Crippen LogP contribution in [-0.2, 0) is 14.6 Å². The van der Waals surface area contributed by atoms with E-state index >= 15 is 0 Å². The summed E-state index contributed by atoms with van der Waals surface area (Å²) in [6.07, 6.45) is 1.04. The Morgan fingerprint density at radius 1 is 1.29 bits per heavy atom. The predicted molar refractivity (Wildman–Crippen MR) is 77.4 cm³/mol. The van der Waals surface area contributed by atoms with Crippen molar-refractivity contribution in [2.24, 2.45) is 0 Å². The first-order chi connectivity index (χ1) is 9.86. The third-order valence-corrected chi connectivity index (χ3v) is 3.84. The summed E-state index contributed by atoms with van der Waals surface area (Å²) in [4.78, 5) is 16.1. The number of nitrogens with zero attached hydrogens (tertiary/aromatic N) is 1. The van der Waals surface area contributed by atoms with E-state index in [1.807, 2.05) is 0 Å². The van der Waals surface area contributed by atoms with Crippen molar-refractivity contribution in [3.8, 4) is 5.75 Å². The van der Waals surface area contributed by atoms with Gasteiger partial charge in [-0.05, 0) is 31.2 Å². The molecule has 0 saturated heterocycles. The Labute approximate surface area is 122 Å². The summed E-state index contributed by atoms with van der Waals surface area (Å²) < 4.78 is 33.5. The third kappa shape index (κ3) is 3.13. The van der Waals surface area contributed by atoms with Crippen LogP contribution in [-0.4, -0.2) is 39.3 Å². The highest BCUT2D eigenvalue weighted by Crippen LogP contribution is 2.25. The topological polar surface area (TPSA) is 82.6 Å². The quantitative estimate of drug-likeness (QED) is 0.801. The minimum atomic E-state index is -3.53. The van der Waals surface area contributed by atoms with Crippen LogP contribution in [0.4, 0.5) is 0 Å². The molecular formula is C14H15NO5S. The highest BCUT2D eigenvalue weighted by atomic mass is 32.2. The number of carbonyl (C=O) groups is 1. The number of esters is 1. The molecule has 0 amide bonds. The average molecular weight is 309 g/mol. The fourth-order valence-corrected chi connectivity index (χ4v) is 2.47. The second-order valence-corrected chi connectivity index (χ2v) is 6.35. The molecule has 0 radical (unpaired) electrons. The Balaban J connectivity index is 2.78. The number of ether oxygens (including phenoxy) is 2. The summed E-state index contributed by atoms with van der Waals surface area (Å²) in [6.45, 7) is 1.88. The van der Waals surface area contributed by atoms with Gasteiger partial charge in [0.1, 0.15) is 5.75 Å². The van der Waals surface area contributed by atoms with Crippen LogP contribution in [0.2, 0.25) is 0 Å². The summed E-state index contributed by atoms with van der Waals surface area (Å²) in [7, 11) is -2.03. The molecule has 0 saturated carbocycles. The minimum Gasteiger partial charge on any atom is -0.497 e. The van der Waals surface area contributed by atoms with Gasteiger partial charge in [0.25, 0.3) is 0 Å². The van der Waals surface area contributed by atoms with Crippen LogP contribution in [0.15, 0.2) is 29.3 Å². The van der Waals surface area contributed by atoms with Gasteiger partial charge in [0.05, 0.1) is 24.8 Å². The summed E-state index contributed by atoms with van der Waals surface area (Å²) in [5.74, 6) is -0.0509. The maximum absolute atomic E-state index is 12.1. The van der Waals surface area contributed by atoms with Gasteiger partial charge in [0, 0.05) is 11.6 Å². The van der Waals surface area contributed by atoms with E-state index in [2.05, 4.69) is 4.98 Å². The lowest BCUT2D eigenvalue weighted by molar-refractivity contribution is 0.0528. The van der Waals surface area contributed by atoms with Crippen LogP contribution in [0, 0.1) is 0 Å². The summed E-state index contributed by atoms with van der Waals surface area (Å²) in [5, 5.41) is 0.323. The molecule has 0 aliphatic heterocycles. The van der Waals surface area contributed by atoms with Gasteiger partial charge in [-0.3, -0.25) is 0 Å². The van der Waals surface area contributed by atoms with E-state index in [9.17, 15) is 13.2 Å². The molecule has 21 heavy (non-hydrogen) atoms. The zero-order valence-corrected chi connectivity index (χ0v) is 12.7. The zero-order valence-electron chi connectivity index (χ0n) is 11.9. The lowest BCUT2D eigenvalue weighted by Crippen LogP contribution is -2.09. The largest absolute Gasteiger partial charge is 0.497 e. The number of hydrogen-bond acceptors (Lipinski definition) is 6. The van der Waals surface area contributed by atoms with Crippen LogP contribution in [0.25, 0.3) is 10.9 Å². The molecular weight excluding hydrogens is 294 g/mol. The van der Waals surface area contributed by atoms with Gasteiger partial charge in [-0.15, -0.1) is 0 Å². The van der Waals surface area contributed by atoms with Crippen LogP contribution in [0.3, 0.4) is 0 Å². The van der Waals surface area contributed by atoms with E-state index in [0.29, 0.717) is 16.7 Å². The van der Waals surface area contributed by atoms with E-state index in [1.54, 1.807) is 25.1 Å². The second-order valence-electron chi connectivity index (χ2n) is 4.38. The Morgan fingerprint density at radius 3 is 2.57 bits per heavy atom. The lowest BCUT2D eigenvalue weighted by atomic mass is 10.1. The maximum Gasteiger partial charge on any atom is 0.338 e. The molecule has 7 heteroatoms. The second kappa shape index (κ2) is 5.69. The molecule has 0 aliphatic rings. The van der Waals surface area contributed by atoms with E-state index in [4.69, 9.17) is 9.47 Å². The van der Waals surface area contributed by atoms with E-state index in [-0.39, 0.29) is 17.2 Å². The summed E-state index contributed by atoms with van der Waals surface area (Å²) in [5.41, 5.74) is 0.544. The fourth-order valence-electron chi connectivity index (χ4n) is 1.88. The molecule has 1 heterocycles. The number of rotatable bonds is 4. The lowest BCUT2D eigenvalue weighted by Gasteiger charge is -2.09. The average Bonchev–Trinajstić information content (AvgIpc) is 2.44. The van der Waals surface area contributed by atoms with Crippen LogP contribution in [0.5, 0.6) is 5.75 Å². The normalized spacial score (nSPS) is 11.4. The smallest absolute Gasteiger partial charge is 0.338 e. The fraction of sp³-hybridized carbons (Fsp3) is 0.286. The Morgan fingerprint density at radius 2 is 2.00 bits per heavy atom. The van der Waals surface area contributed by atoms with Crippen molar-refractivity contribution < 1.29 is 22.7 Å². The first-order valence-corrected chi connectivity index (χ1v) is 8.12. The van der Waals surface area contributed by atoms with E-state index < -0.39 is 15.8 Å². The molecule has 0 unspecified atom stereocenters. The molecule has 1 aromatic heterocycles. The molecule has 2 rings (SSSR count). The number of fused-ring (bicyclic) bond motifs is 1. The highest BCUT2D eigenvalue weighted by Gasteiger charge is 2.19. The Hall–Kier alpha value is -2.15. The van der Waals surface area contributed by atoms with E-state index in [1.165, 1.54) is 13.2 Å². The number of pyridine rings is 1.